The number of carboxylic acid groups (broad SMARTS) is 1. The Morgan fingerprint density at radius 3 is 2.45 bits per heavy atom. The van der Waals surface area contributed by atoms with E-state index in [0.29, 0.717) is 5.56 Å². The monoisotopic (exact) mass is 301 g/mol. The number of rotatable bonds is 6. The topological polar surface area (TPSA) is 66.4 Å². The molecular weight excluding hydrogens is 285 g/mol. The number of halogens is 1. The van der Waals surface area contributed by atoms with Crippen molar-refractivity contribution in [3.05, 3.63) is 65.5 Å². The van der Waals surface area contributed by atoms with Gasteiger partial charge in [0.05, 0.1) is 5.69 Å². The first-order valence-corrected chi connectivity index (χ1v) is 6.81. The van der Waals surface area contributed by atoms with Crippen LogP contribution in [0.2, 0.25) is 0 Å². The van der Waals surface area contributed by atoms with Crippen molar-refractivity contribution in [1.82, 2.24) is 0 Å². The average molecular weight is 301 g/mol. The number of carbonyl (C=O) groups is 2. The van der Waals surface area contributed by atoms with Gasteiger partial charge in [-0.1, -0.05) is 30.3 Å². The SMILES string of the molecule is CC(=O)c1ccc(F)c(NC(Cc2ccccc2)C(=O)O)c1. The van der Waals surface area contributed by atoms with Crippen molar-refractivity contribution in [3.63, 3.8) is 0 Å². The van der Waals surface area contributed by atoms with Crippen LogP contribution in [-0.4, -0.2) is 22.9 Å². The summed E-state index contributed by atoms with van der Waals surface area (Å²) in [7, 11) is 0. The number of Topliss-reactive ketones (excluding diaryl/α,β-unsaturated/α-hetero) is 1. The number of benzene rings is 2. The minimum atomic E-state index is -1.09. The molecule has 0 spiro atoms. The number of anilines is 1. The van der Waals surface area contributed by atoms with Gasteiger partial charge in [0, 0.05) is 12.0 Å². The van der Waals surface area contributed by atoms with E-state index < -0.39 is 17.8 Å². The molecule has 0 saturated carbocycles. The fraction of sp³-hybridized carbons (Fsp3) is 0.176. The van der Waals surface area contributed by atoms with E-state index in [1.165, 1.54) is 19.1 Å². The number of carboxylic acids is 1. The lowest BCUT2D eigenvalue weighted by atomic mass is 10.0. The Hall–Kier alpha value is -2.69. The van der Waals surface area contributed by atoms with Gasteiger partial charge in [-0.25, -0.2) is 9.18 Å². The largest absolute Gasteiger partial charge is 0.480 e. The Morgan fingerprint density at radius 1 is 1.18 bits per heavy atom. The zero-order chi connectivity index (χ0) is 16.1. The molecule has 1 unspecified atom stereocenters. The molecule has 1 atom stereocenters. The Kier molecular flexibility index (Phi) is 4.88. The van der Waals surface area contributed by atoms with Crippen molar-refractivity contribution in [3.8, 4) is 0 Å². The van der Waals surface area contributed by atoms with E-state index in [-0.39, 0.29) is 17.9 Å². The predicted molar refractivity (Wildman–Crippen MR) is 81.6 cm³/mol. The van der Waals surface area contributed by atoms with Gasteiger partial charge >= 0.3 is 5.97 Å². The molecule has 0 aliphatic carbocycles. The maximum Gasteiger partial charge on any atom is 0.326 e. The molecular formula is C17H16FNO3. The summed E-state index contributed by atoms with van der Waals surface area (Å²) >= 11 is 0. The van der Waals surface area contributed by atoms with Gasteiger partial charge in [-0.15, -0.1) is 0 Å². The van der Waals surface area contributed by atoms with Crippen molar-refractivity contribution >= 4 is 17.4 Å². The Labute approximate surface area is 127 Å². The highest BCUT2D eigenvalue weighted by atomic mass is 19.1. The van der Waals surface area contributed by atoms with Crippen LogP contribution in [-0.2, 0) is 11.2 Å². The van der Waals surface area contributed by atoms with Crippen LogP contribution in [0.1, 0.15) is 22.8 Å². The van der Waals surface area contributed by atoms with E-state index in [1.807, 2.05) is 18.2 Å². The molecule has 0 amide bonds. The molecule has 2 aromatic carbocycles. The van der Waals surface area contributed by atoms with Crippen molar-refractivity contribution in [2.24, 2.45) is 0 Å². The van der Waals surface area contributed by atoms with E-state index >= 15 is 0 Å². The minimum absolute atomic E-state index is 0.0102. The number of nitrogens with one attached hydrogen (secondary N) is 1. The highest BCUT2D eigenvalue weighted by Gasteiger charge is 2.19. The molecule has 2 aromatic rings. The van der Waals surface area contributed by atoms with Crippen LogP contribution in [0.15, 0.2) is 48.5 Å². The molecule has 4 nitrogen and oxygen atoms in total. The maximum atomic E-state index is 13.8. The Morgan fingerprint density at radius 2 is 1.86 bits per heavy atom. The van der Waals surface area contributed by atoms with E-state index in [4.69, 9.17) is 0 Å². The zero-order valence-corrected chi connectivity index (χ0v) is 12.0. The van der Waals surface area contributed by atoms with E-state index in [9.17, 15) is 19.1 Å². The van der Waals surface area contributed by atoms with Crippen molar-refractivity contribution in [1.29, 1.82) is 0 Å². The highest BCUT2D eigenvalue weighted by molar-refractivity contribution is 5.95. The average Bonchev–Trinajstić information content (AvgIpc) is 2.49. The quantitative estimate of drug-likeness (QED) is 0.804. The first kappa shape index (κ1) is 15.7. The summed E-state index contributed by atoms with van der Waals surface area (Å²) in [6.45, 7) is 1.37. The van der Waals surface area contributed by atoms with Gasteiger partial charge in [0.1, 0.15) is 11.9 Å². The van der Waals surface area contributed by atoms with Gasteiger partial charge in [0.25, 0.3) is 0 Å². The summed E-state index contributed by atoms with van der Waals surface area (Å²) in [4.78, 5) is 22.7. The number of hydrogen-bond donors (Lipinski definition) is 2. The van der Waals surface area contributed by atoms with Gasteiger partial charge in [-0.05, 0) is 30.7 Å². The number of carbonyl (C=O) groups excluding carboxylic acids is 1. The molecule has 22 heavy (non-hydrogen) atoms. The highest BCUT2D eigenvalue weighted by Crippen LogP contribution is 2.19. The third-order valence-electron chi connectivity index (χ3n) is 3.28. The second-order valence-electron chi connectivity index (χ2n) is 4.98. The summed E-state index contributed by atoms with van der Waals surface area (Å²) in [5.41, 5.74) is 1.16. The molecule has 0 fully saturated rings. The standard InChI is InChI=1S/C17H16FNO3/c1-11(20)13-7-8-14(18)15(10-13)19-16(17(21)22)9-12-5-3-2-4-6-12/h2-8,10,16,19H,9H2,1H3,(H,21,22). The summed E-state index contributed by atoms with van der Waals surface area (Å²) in [6.07, 6.45) is 0.208. The fourth-order valence-corrected chi connectivity index (χ4v) is 2.09. The second-order valence-corrected chi connectivity index (χ2v) is 4.98. The van der Waals surface area contributed by atoms with Crippen LogP contribution < -0.4 is 5.32 Å². The van der Waals surface area contributed by atoms with Crippen LogP contribution in [0.3, 0.4) is 0 Å². The molecule has 5 heteroatoms. The molecule has 0 aliphatic heterocycles. The summed E-state index contributed by atoms with van der Waals surface area (Å²) in [5.74, 6) is -1.89. The maximum absolute atomic E-state index is 13.8. The Bertz CT molecular complexity index is 686. The third-order valence-corrected chi connectivity index (χ3v) is 3.28. The predicted octanol–water partition coefficient (Wildman–Crippen LogP) is 3.14. The lowest BCUT2D eigenvalue weighted by molar-refractivity contribution is -0.137. The smallest absolute Gasteiger partial charge is 0.326 e. The molecule has 0 saturated heterocycles. The fourth-order valence-electron chi connectivity index (χ4n) is 2.09. The first-order chi connectivity index (χ1) is 10.5. The Balaban J connectivity index is 2.23. The molecule has 2 rings (SSSR count). The van der Waals surface area contributed by atoms with Crippen LogP contribution in [0.4, 0.5) is 10.1 Å². The first-order valence-electron chi connectivity index (χ1n) is 6.81. The van der Waals surface area contributed by atoms with Crippen LogP contribution >= 0.6 is 0 Å². The molecule has 0 heterocycles. The van der Waals surface area contributed by atoms with Gasteiger partial charge in [0.15, 0.2) is 5.78 Å². The van der Waals surface area contributed by atoms with Crippen LogP contribution in [0.25, 0.3) is 0 Å². The molecule has 2 N–H and O–H groups in total. The molecule has 0 radical (unpaired) electrons. The van der Waals surface area contributed by atoms with Gasteiger partial charge in [0.2, 0.25) is 0 Å². The molecule has 0 aliphatic rings. The van der Waals surface area contributed by atoms with E-state index in [0.717, 1.165) is 11.6 Å². The normalized spacial score (nSPS) is 11.7. The summed E-state index contributed by atoms with van der Waals surface area (Å²) < 4.78 is 13.8. The number of hydrogen-bond acceptors (Lipinski definition) is 3. The van der Waals surface area contributed by atoms with Gasteiger partial charge in [-0.2, -0.15) is 0 Å². The zero-order valence-electron chi connectivity index (χ0n) is 12.0. The molecule has 114 valence electrons. The van der Waals surface area contributed by atoms with E-state index in [2.05, 4.69) is 5.32 Å². The van der Waals surface area contributed by atoms with Crippen molar-refractivity contribution in [2.75, 3.05) is 5.32 Å². The van der Waals surface area contributed by atoms with Crippen molar-refractivity contribution in [2.45, 2.75) is 19.4 Å². The van der Waals surface area contributed by atoms with Crippen molar-refractivity contribution < 1.29 is 19.1 Å². The second kappa shape index (κ2) is 6.85. The van der Waals surface area contributed by atoms with E-state index in [1.54, 1.807) is 12.1 Å². The van der Waals surface area contributed by atoms with Gasteiger partial charge < -0.3 is 10.4 Å². The lowest BCUT2D eigenvalue weighted by Crippen LogP contribution is -2.32. The lowest BCUT2D eigenvalue weighted by Gasteiger charge is -2.17. The summed E-state index contributed by atoms with van der Waals surface area (Å²) in [5, 5.41) is 12.0. The number of aliphatic carboxylic acids is 1. The molecule has 0 aromatic heterocycles. The molecule has 0 bridgehead atoms. The van der Waals surface area contributed by atoms with Gasteiger partial charge in [-0.3, -0.25) is 4.79 Å². The third kappa shape index (κ3) is 3.91. The number of ketones is 1. The van der Waals surface area contributed by atoms with Crippen LogP contribution in [0.5, 0.6) is 0 Å². The summed E-state index contributed by atoms with van der Waals surface area (Å²) in [6, 6.07) is 11.9. The minimum Gasteiger partial charge on any atom is -0.480 e. The van der Waals surface area contributed by atoms with Crippen LogP contribution in [0, 0.1) is 5.82 Å².